The van der Waals surface area contributed by atoms with Crippen LogP contribution in [-0.2, 0) is 0 Å². The SMILES string of the molecule is Cc1cc(Oc2ccc(C)cc2OCC#Cc2ccc(F)cc2)cc(C(=O)O)c1. The molecule has 0 aliphatic heterocycles. The molecule has 0 aliphatic carbocycles. The Labute approximate surface area is 168 Å². The van der Waals surface area contributed by atoms with Crippen molar-refractivity contribution in [2.75, 3.05) is 6.61 Å². The van der Waals surface area contributed by atoms with E-state index < -0.39 is 5.97 Å². The van der Waals surface area contributed by atoms with E-state index in [0.29, 0.717) is 22.8 Å². The summed E-state index contributed by atoms with van der Waals surface area (Å²) in [6, 6.07) is 16.2. The highest BCUT2D eigenvalue weighted by Gasteiger charge is 2.10. The molecular formula is C24H19FO4. The average molecular weight is 390 g/mol. The maximum atomic E-state index is 12.9. The standard InChI is InChI=1S/C24H19FO4/c1-16-5-10-22(29-21-13-17(2)12-19(15-21)24(26)27)23(14-16)28-11-3-4-18-6-8-20(25)9-7-18/h5-10,12-15H,11H2,1-2H3,(H,26,27). The van der Waals surface area contributed by atoms with Gasteiger partial charge in [0.05, 0.1) is 5.56 Å². The first-order chi connectivity index (χ1) is 13.9. The highest BCUT2D eigenvalue weighted by molar-refractivity contribution is 5.88. The Balaban J connectivity index is 1.76. The fourth-order valence-corrected chi connectivity index (χ4v) is 2.65. The van der Waals surface area contributed by atoms with Gasteiger partial charge in [-0.1, -0.05) is 17.9 Å². The second kappa shape index (κ2) is 8.94. The summed E-state index contributed by atoms with van der Waals surface area (Å²) in [5.41, 5.74) is 2.60. The summed E-state index contributed by atoms with van der Waals surface area (Å²) in [4.78, 5) is 11.3. The third-order valence-electron chi connectivity index (χ3n) is 4.00. The summed E-state index contributed by atoms with van der Waals surface area (Å²) in [6.07, 6.45) is 0. The van der Waals surface area contributed by atoms with Crippen LogP contribution in [-0.4, -0.2) is 17.7 Å². The van der Waals surface area contributed by atoms with Gasteiger partial charge in [-0.25, -0.2) is 9.18 Å². The smallest absolute Gasteiger partial charge is 0.335 e. The Morgan fingerprint density at radius 2 is 1.72 bits per heavy atom. The van der Waals surface area contributed by atoms with Gasteiger partial charge in [0.2, 0.25) is 0 Å². The molecule has 0 unspecified atom stereocenters. The number of hydrogen-bond acceptors (Lipinski definition) is 3. The van der Waals surface area contributed by atoms with E-state index >= 15 is 0 Å². The minimum Gasteiger partial charge on any atom is -0.478 e. The van der Waals surface area contributed by atoms with Gasteiger partial charge in [-0.3, -0.25) is 0 Å². The van der Waals surface area contributed by atoms with Crippen LogP contribution in [0.15, 0.2) is 60.7 Å². The lowest BCUT2D eigenvalue weighted by Crippen LogP contribution is -2.00. The molecule has 3 aromatic rings. The van der Waals surface area contributed by atoms with Crippen LogP contribution in [0.5, 0.6) is 17.2 Å². The second-order valence-electron chi connectivity index (χ2n) is 6.49. The molecule has 0 aliphatic rings. The average Bonchev–Trinajstić information content (AvgIpc) is 2.68. The molecule has 29 heavy (non-hydrogen) atoms. The number of ether oxygens (including phenoxy) is 2. The minimum absolute atomic E-state index is 0.116. The molecule has 0 heterocycles. The molecule has 3 rings (SSSR count). The number of benzene rings is 3. The summed E-state index contributed by atoms with van der Waals surface area (Å²) in [5, 5.41) is 9.23. The van der Waals surface area contributed by atoms with E-state index in [-0.39, 0.29) is 18.0 Å². The predicted molar refractivity (Wildman–Crippen MR) is 108 cm³/mol. The number of carboxylic acids is 1. The van der Waals surface area contributed by atoms with Gasteiger partial charge in [0, 0.05) is 5.56 Å². The number of carbonyl (C=O) groups is 1. The van der Waals surface area contributed by atoms with Crippen molar-refractivity contribution in [3.63, 3.8) is 0 Å². The minimum atomic E-state index is -1.02. The van der Waals surface area contributed by atoms with Gasteiger partial charge >= 0.3 is 5.97 Å². The summed E-state index contributed by atoms with van der Waals surface area (Å²) in [7, 11) is 0. The van der Waals surface area contributed by atoms with E-state index in [4.69, 9.17) is 9.47 Å². The van der Waals surface area contributed by atoms with Crippen LogP contribution in [0.3, 0.4) is 0 Å². The van der Waals surface area contributed by atoms with Crippen LogP contribution >= 0.6 is 0 Å². The van der Waals surface area contributed by atoms with Gasteiger partial charge in [-0.2, -0.15) is 0 Å². The van der Waals surface area contributed by atoms with Crippen molar-refractivity contribution in [3.8, 4) is 29.1 Å². The lowest BCUT2D eigenvalue weighted by atomic mass is 10.1. The Hall–Kier alpha value is -3.78. The fourth-order valence-electron chi connectivity index (χ4n) is 2.65. The van der Waals surface area contributed by atoms with Crippen LogP contribution in [0.2, 0.25) is 0 Å². The second-order valence-corrected chi connectivity index (χ2v) is 6.49. The Bertz CT molecular complexity index is 1090. The van der Waals surface area contributed by atoms with E-state index in [1.165, 1.54) is 18.2 Å². The predicted octanol–water partition coefficient (Wildman–Crippen LogP) is 5.36. The van der Waals surface area contributed by atoms with Crippen LogP contribution in [0, 0.1) is 31.5 Å². The lowest BCUT2D eigenvalue weighted by molar-refractivity contribution is 0.0696. The van der Waals surface area contributed by atoms with E-state index in [2.05, 4.69) is 11.8 Å². The first-order valence-electron chi connectivity index (χ1n) is 8.91. The Kier molecular flexibility index (Phi) is 6.16. The van der Waals surface area contributed by atoms with E-state index in [0.717, 1.165) is 11.1 Å². The van der Waals surface area contributed by atoms with Crippen molar-refractivity contribution < 1.29 is 23.8 Å². The molecule has 146 valence electrons. The zero-order valence-corrected chi connectivity index (χ0v) is 16.0. The van der Waals surface area contributed by atoms with Crippen molar-refractivity contribution >= 4 is 5.97 Å². The quantitative estimate of drug-likeness (QED) is 0.596. The largest absolute Gasteiger partial charge is 0.478 e. The molecule has 0 amide bonds. The van der Waals surface area contributed by atoms with Gasteiger partial charge in [0.15, 0.2) is 11.5 Å². The van der Waals surface area contributed by atoms with Crippen molar-refractivity contribution in [3.05, 3.63) is 88.7 Å². The molecule has 5 heteroatoms. The first kappa shape index (κ1) is 20.0. The van der Waals surface area contributed by atoms with Gasteiger partial charge in [-0.05, 0) is 79.6 Å². The van der Waals surface area contributed by atoms with Gasteiger partial charge in [0.25, 0.3) is 0 Å². The van der Waals surface area contributed by atoms with Crippen molar-refractivity contribution in [2.45, 2.75) is 13.8 Å². The third kappa shape index (κ3) is 5.60. The number of rotatable bonds is 5. The maximum absolute atomic E-state index is 12.9. The van der Waals surface area contributed by atoms with Crippen molar-refractivity contribution in [2.24, 2.45) is 0 Å². The highest BCUT2D eigenvalue weighted by atomic mass is 19.1. The molecule has 3 aromatic carbocycles. The number of aromatic carboxylic acids is 1. The van der Waals surface area contributed by atoms with Crippen LogP contribution < -0.4 is 9.47 Å². The monoisotopic (exact) mass is 390 g/mol. The van der Waals surface area contributed by atoms with Crippen molar-refractivity contribution in [1.82, 2.24) is 0 Å². The zero-order valence-electron chi connectivity index (χ0n) is 16.0. The third-order valence-corrected chi connectivity index (χ3v) is 4.00. The van der Waals surface area contributed by atoms with E-state index in [1.807, 2.05) is 19.1 Å². The number of aryl methyl sites for hydroxylation is 2. The van der Waals surface area contributed by atoms with Gasteiger partial charge in [0.1, 0.15) is 18.2 Å². The van der Waals surface area contributed by atoms with E-state index in [1.54, 1.807) is 37.3 Å². The van der Waals surface area contributed by atoms with Gasteiger partial charge < -0.3 is 14.6 Å². The molecule has 0 radical (unpaired) electrons. The molecule has 0 aromatic heterocycles. The topological polar surface area (TPSA) is 55.8 Å². The lowest BCUT2D eigenvalue weighted by Gasteiger charge is -2.13. The number of halogens is 1. The molecule has 0 saturated heterocycles. The van der Waals surface area contributed by atoms with Gasteiger partial charge in [-0.15, -0.1) is 0 Å². The molecular weight excluding hydrogens is 371 g/mol. The molecule has 1 N–H and O–H groups in total. The van der Waals surface area contributed by atoms with Crippen LogP contribution in [0.25, 0.3) is 0 Å². The number of carboxylic acid groups (broad SMARTS) is 1. The Morgan fingerprint density at radius 3 is 2.45 bits per heavy atom. The van der Waals surface area contributed by atoms with Crippen LogP contribution in [0.1, 0.15) is 27.0 Å². The summed E-state index contributed by atoms with van der Waals surface area (Å²) in [5.74, 6) is 5.83. The normalized spacial score (nSPS) is 10.0. The van der Waals surface area contributed by atoms with E-state index in [9.17, 15) is 14.3 Å². The Morgan fingerprint density at radius 1 is 0.966 bits per heavy atom. The molecule has 4 nitrogen and oxygen atoms in total. The fraction of sp³-hybridized carbons (Fsp3) is 0.125. The maximum Gasteiger partial charge on any atom is 0.335 e. The zero-order chi connectivity index (χ0) is 20.8. The summed E-state index contributed by atoms with van der Waals surface area (Å²) in [6.45, 7) is 3.85. The molecule has 0 spiro atoms. The van der Waals surface area contributed by atoms with Crippen LogP contribution in [0.4, 0.5) is 4.39 Å². The summed E-state index contributed by atoms with van der Waals surface area (Å²) < 4.78 is 24.6. The molecule has 0 bridgehead atoms. The highest BCUT2D eigenvalue weighted by Crippen LogP contribution is 2.33. The number of hydrogen-bond donors (Lipinski definition) is 1. The summed E-state index contributed by atoms with van der Waals surface area (Å²) >= 11 is 0. The molecule has 0 saturated carbocycles. The molecule has 0 fully saturated rings. The first-order valence-corrected chi connectivity index (χ1v) is 8.91. The van der Waals surface area contributed by atoms with Crippen molar-refractivity contribution in [1.29, 1.82) is 0 Å². The molecule has 0 atom stereocenters.